The van der Waals surface area contributed by atoms with Crippen molar-refractivity contribution >= 4 is 29.5 Å². The van der Waals surface area contributed by atoms with Crippen molar-refractivity contribution < 1.29 is 0 Å². The topological polar surface area (TPSA) is 103 Å². The summed E-state index contributed by atoms with van der Waals surface area (Å²) in [4.78, 5) is 0. The predicted octanol–water partition coefficient (Wildman–Crippen LogP) is 0.530. The Morgan fingerprint density at radius 3 is 2.64 bits per heavy atom. The molecule has 0 radical (unpaired) electrons. The Bertz CT molecular complexity index is 361. The van der Waals surface area contributed by atoms with Gasteiger partial charge in [0.2, 0.25) is 5.96 Å². The predicted molar refractivity (Wildman–Crippen MR) is 59.3 cm³/mol. The second-order valence-electron chi connectivity index (χ2n) is 2.51. The van der Waals surface area contributed by atoms with Crippen molar-refractivity contribution in [3.63, 3.8) is 0 Å². The molecular formula is C8H10ClN5. The van der Waals surface area contributed by atoms with Crippen molar-refractivity contribution in [3.05, 3.63) is 28.8 Å². The molecule has 0 unspecified atom stereocenters. The summed E-state index contributed by atoms with van der Waals surface area (Å²) in [5, 5.41) is 7.54. The summed E-state index contributed by atoms with van der Waals surface area (Å²) in [6, 6.07) is 5.16. The van der Waals surface area contributed by atoms with Gasteiger partial charge in [-0.25, -0.2) is 0 Å². The van der Waals surface area contributed by atoms with Crippen LogP contribution >= 0.6 is 11.6 Å². The van der Waals surface area contributed by atoms with E-state index in [1.807, 2.05) is 0 Å². The second-order valence-corrected chi connectivity index (χ2v) is 2.92. The monoisotopic (exact) mass is 211 g/mol. The van der Waals surface area contributed by atoms with E-state index in [1.165, 1.54) is 6.21 Å². The van der Waals surface area contributed by atoms with Crippen LogP contribution in [0.15, 0.2) is 28.4 Å². The minimum atomic E-state index is -0.119. The fourth-order valence-electron chi connectivity index (χ4n) is 0.843. The maximum absolute atomic E-state index is 5.86. The van der Waals surface area contributed by atoms with Gasteiger partial charge in [-0.1, -0.05) is 17.7 Å². The van der Waals surface area contributed by atoms with Crippen LogP contribution in [0.2, 0.25) is 5.02 Å². The van der Waals surface area contributed by atoms with Crippen LogP contribution in [-0.4, -0.2) is 12.2 Å². The molecule has 74 valence electrons. The third kappa shape index (κ3) is 2.63. The van der Waals surface area contributed by atoms with Gasteiger partial charge in [0.25, 0.3) is 0 Å². The van der Waals surface area contributed by atoms with Crippen molar-refractivity contribution in [3.8, 4) is 0 Å². The van der Waals surface area contributed by atoms with E-state index in [9.17, 15) is 0 Å². The third-order valence-corrected chi connectivity index (χ3v) is 1.78. The van der Waals surface area contributed by atoms with Crippen LogP contribution in [0.3, 0.4) is 0 Å². The van der Waals surface area contributed by atoms with Gasteiger partial charge in [0.15, 0.2) is 0 Å². The third-order valence-electron chi connectivity index (χ3n) is 1.45. The molecule has 0 aromatic heterocycles. The largest absolute Gasteiger partial charge is 0.398 e. The van der Waals surface area contributed by atoms with Crippen LogP contribution in [0.4, 0.5) is 5.69 Å². The van der Waals surface area contributed by atoms with E-state index in [0.717, 1.165) is 0 Å². The van der Waals surface area contributed by atoms with Gasteiger partial charge in [-0.15, -0.1) is 5.10 Å². The lowest BCUT2D eigenvalue weighted by molar-refractivity contribution is 1.21. The molecule has 0 fully saturated rings. The molecule has 5 nitrogen and oxygen atoms in total. The second kappa shape index (κ2) is 4.48. The van der Waals surface area contributed by atoms with E-state index in [4.69, 9.17) is 28.8 Å². The van der Waals surface area contributed by atoms with E-state index in [0.29, 0.717) is 16.3 Å². The average Bonchev–Trinajstić information content (AvgIpc) is 2.09. The van der Waals surface area contributed by atoms with Crippen molar-refractivity contribution in [1.29, 1.82) is 0 Å². The number of hydrogen-bond donors (Lipinski definition) is 3. The molecule has 0 spiro atoms. The minimum absolute atomic E-state index is 0.119. The maximum atomic E-state index is 5.86. The summed E-state index contributed by atoms with van der Waals surface area (Å²) >= 11 is 5.86. The normalized spacial score (nSPS) is 10.4. The minimum Gasteiger partial charge on any atom is -0.398 e. The standard InChI is InChI=1S/C8H10ClN5/c9-6-2-1-3-7(10)5(6)4-13-14-8(11)12/h1-4H,10H2,(H4,11,12,14). The zero-order valence-corrected chi connectivity index (χ0v) is 8.07. The molecule has 0 aliphatic carbocycles. The van der Waals surface area contributed by atoms with Gasteiger partial charge in [0, 0.05) is 11.3 Å². The van der Waals surface area contributed by atoms with Crippen LogP contribution < -0.4 is 17.2 Å². The van der Waals surface area contributed by atoms with Crippen molar-refractivity contribution in [1.82, 2.24) is 0 Å². The van der Waals surface area contributed by atoms with Gasteiger partial charge in [-0.05, 0) is 12.1 Å². The molecule has 6 heteroatoms. The summed E-state index contributed by atoms with van der Waals surface area (Å²) in [5.74, 6) is -0.119. The quantitative estimate of drug-likeness (QED) is 0.288. The number of halogens is 1. The zero-order chi connectivity index (χ0) is 10.6. The molecular weight excluding hydrogens is 202 g/mol. The van der Waals surface area contributed by atoms with Crippen molar-refractivity contribution in [2.24, 2.45) is 21.7 Å². The number of benzene rings is 1. The Morgan fingerprint density at radius 2 is 2.07 bits per heavy atom. The van der Waals surface area contributed by atoms with Crippen LogP contribution in [0.1, 0.15) is 5.56 Å². The van der Waals surface area contributed by atoms with Crippen LogP contribution in [0.5, 0.6) is 0 Å². The zero-order valence-electron chi connectivity index (χ0n) is 7.31. The number of guanidine groups is 1. The Balaban J connectivity index is 2.97. The molecule has 0 bridgehead atoms. The van der Waals surface area contributed by atoms with Gasteiger partial charge in [-0.3, -0.25) is 0 Å². The Hall–Kier alpha value is -1.75. The first kappa shape index (κ1) is 10.3. The molecule has 0 amide bonds. The molecule has 0 atom stereocenters. The lowest BCUT2D eigenvalue weighted by atomic mass is 10.2. The van der Waals surface area contributed by atoms with E-state index in [2.05, 4.69) is 10.2 Å². The van der Waals surface area contributed by atoms with Gasteiger partial charge in [0.05, 0.1) is 11.2 Å². The lowest BCUT2D eigenvalue weighted by Gasteiger charge is -2.00. The lowest BCUT2D eigenvalue weighted by Crippen LogP contribution is -2.21. The highest BCUT2D eigenvalue weighted by atomic mass is 35.5. The number of hydrogen-bond acceptors (Lipinski definition) is 3. The summed E-state index contributed by atoms with van der Waals surface area (Å²) in [6.07, 6.45) is 1.40. The fourth-order valence-corrected chi connectivity index (χ4v) is 1.07. The van der Waals surface area contributed by atoms with E-state index >= 15 is 0 Å². The highest BCUT2D eigenvalue weighted by Crippen LogP contribution is 2.19. The SMILES string of the molecule is NC(N)=NN=Cc1c(N)cccc1Cl. The molecule has 0 aliphatic rings. The first-order valence-electron chi connectivity index (χ1n) is 3.77. The van der Waals surface area contributed by atoms with Gasteiger partial charge < -0.3 is 17.2 Å². The van der Waals surface area contributed by atoms with Crippen LogP contribution in [0, 0.1) is 0 Å². The Kier molecular flexibility index (Phi) is 3.30. The molecule has 1 rings (SSSR count). The molecule has 1 aromatic rings. The summed E-state index contributed by atoms with van der Waals surface area (Å²) in [5.41, 5.74) is 16.9. The van der Waals surface area contributed by atoms with Crippen molar-refractivity contribution in [2.45, 2.75) is 0 Å². The molecule has 0 saturated heterocycles. The summed E-state index contributed by atoms with van der Waals surface area (Å²) in [6.45, 7) is 0. The fraction of sp³-hybridized carbons (Fsp3) is 0. The number of anilines is 1. The van der Waals surface area contributed by atoms with Gasteiger partial charge in [0.1, 0.15) is 0 Å². The molecule has 14 heavy (non-hydrogen) atoms. The Morgan fingerprint density at radius 1 is 1.36 bits per heavy atom. The first-order chi connectivity index (χ1) is 6.61. The molecule has 0 saturated carbocycles. The van der Waals surface area contributed by atoms with Crippen LogP contribution in [-0.2, 0) is 0 Å². The molecule has 1 aromatic carbocycles. The smallest absolute Gasteiger partial charge is 0.211 e. The summed E-state index contributed by atoms with van der Waals surface area (Å²) < 4.78 is 0. The van der Waals surface area contributed by atoms with E-state index in [-0.39, 0.29) is 5.96 Å². The van der Waals surface area contributed by atoms with Gasteiger partial charge in [-0.2, -0.15) is 5.10 Å². The number of rotatable bonds is 2. The van der Waals surface area contributed by atoms with Crippen molar-refractivity contribution in [2.75, 3.05) is 5.73 Å². The first-order valence-corrected chi connectivity index (χ1v) is 4.15. The number of nitrogens with zero attached hydrogens (tertiary/aromatic N) is 2. The molecule has 0 heterocycles. The number of nitrogens with two attached hydrogens (primary N) is 3. The van der Waals surface area contributed by atoms with Crippen LogP contribution in [0.25, 0.3) is 0 Å². The highest BCUT2D eigenvalue weighted by molar-refractivity contribution is 6.33. The molecule has 0 aliphatic heterocycles. The van der Waals surface area contributed by atoms with E-state index < -0.39 is 0 Å². The van der Waals surface area contributed by atoms with E-state index in [1.54, 1.807) is 18.2 Å². The maximum Gasteiger partial charge on any atom is 0.211 e. The Labute approximate surface area is 86.2 Å². The summed E-state index contributed by atoms with van der Waals surface area (Å²) in [7, 11) is 0. The molecule has 6 N–H and O–H groups in total. The van der Waals surface area contributed by atoms with Gasteiger partial charge >= 0.3 is 0 Å². The number of nitrogen functional groups attached to an aromatic ring is 1. The highest BCUT2D eigenvalue weighted by Gasteiger charge is 2.00. The average molecular weight is 212 g/mol.